The second-order valence-corrected chi connectivity index (χ2v) is 9.79. The smallest absolute Gasteiger partial charge is 0.261 e. The fraction of sp³-hybridized carbons (Fsp3) is 0.444. The average molecular weight is 477 g/mol. The lowest BCUT2D eigenvalue weighted by atomic mass is 9.95. The maximum absolute atomic E-state index is 13.9. The van der Waals surface area contributed by atoms with Crippen LogP contribution >= 0.6 is 0 Å². The minimum atomic E-state index is -0.327. The lowest BCUT2D eigenvalue weighted by Gasteiger charge is -2.31. The molecule has 1 saturated heterocycles. The number of nitrogens with zero attached hydrogens (tertiary/aromatic N) is 3. The van der Waals surface area contributed by atoms with Gasteiger partial charge < -0.3 is 19.5 Å². The highest BCUT2D eigenvalue weighted by molar-refractivity contribution is 5.94. The summed E-state index contributed by atoms with van der Waals surface area (Å²) in [6.07, 6.45) is 5.74. The second-order valence-electron chi connectivity index (χ2n) is 9.79. The van der Waals surface area contributed by atoms with Crippen molar-refractivity contribution in [3.05, 3.63) is 68.9 Å². The summed E-state index contributed by atoms with van der Waals surface area (Å²) >= 11 is 0. The van der Waals surface area contributed by atoms with Gasteiger partial charge in [0.15, 0.2) is 0 Å². The van der Waals surface area contributed by atoms with E-state index >= 15 is 0 Å². The quantitative estimate of drug-likeness (QED) is 0.609. The van der Waals surface area contributed by atoms with E-state index in [1.54, 1.807) is 6.07 Å². The summed E-state index contributed by atoms with van der Waals surface area (Å²) in [5, 5.41) is 0.827. The number of rotatable bonds is 5. The van der Waals surface area contributed by atoms with Gasteiger partial charge in [0.1, 0.15) is 17.2 Å². The number of H-pyrrole nitrogens is 1. The Morgan fingerprint density at radius 3 is 2.74 bits per heavy atom. The second kappa shape index (κ2) is 9.07. The van der Waals surface area contributed by atoms with Gasteiger partial charge in [-0.3, -0.25) is 9.59 Å². The number of aromatic amines is 1. The van der Waals surface area contributed by atoms with Crippen LogP contribution in [0.2, 0.25) is 0 Å². The Morgan fingerprint density at radius 1 is 1.14 bits per heavy atom. The van der Waals surface area contributed by atoms with Crippen LogP contribution in [0.3, 0.4) is 0 Å². The highest BCUT2D eigenvalue weighted by Gasteiger charge is 2.35. The lowest BCUT2D eigenvalue weighted by Crippen LogP contribution is -2.39. The van der Waals surface area contributed by atoms with E-state index in [0.29, 0.717) is 38.4 Å². The van der Waals surface area contributed by atoms with Crippen molar-refractivity contribution in [1.29, 1.82) is 0 Å². The summed E-state index contributed by atoms with van der Waals surface area (Å²) < 4.78 is 19.4. The van der Waals surface area contributed by atoms with Crippen LogP contribution in [0.4, 0.5) is 10.2 Å². The molecule has 35 heavy (non-hydrogen) atoms. The number of amides is 1. The fourth-order valence-corrected chi connectivity index (χ4v) is 5.26. The zero-order chi connectivity index (χ0) is 23.9. The van der Waals surface area contributed by atoms with E-state index in [9.17, 15) is 14.0 Å². The molecule has 1 N–H and O–H groups in total. The van der Waals surface area contributed by atoms with Crippen molar-refractivity contribution in [2.45, 2.75) is 51.1 Å². The first-order valence-corrected chi connectivity index (χ1v) is 12.5. The van der Waals surface area contributed by atoms with Crippen LogP contribution in [0.15, 0.2) is 35.1 Å². The molecule has 3 aromatic rings. The third-order valence-corrected chi connectivity index (χ3v) is 7.30. The van der Waals surface area contributed by atoms with Gasteiger partial charge >= 0.3 is 0 Å². The average Bonchev–Trinajstić information content (AvgIpc) is 3.72. The Labute approximate surface area is 202 Å². The number of hydrogen-bond donors (Lipinski definition) is 1. The lowest BCUT2D eigenvalue weighted by molar-refractivity contribution is 0.0727. The first-order chi connectivity index (χ1) is 17.1. The van der Waals surface area contributed by atoms with Crippen molar-refractivity contribution >= 4 is 22.6 Å². The van der Waals surface area contributed by atoms with Crippen LogP contribution in [0.1, 0.15) is 52.9 Å². The van der Waals surface area contributed by atoms with E-state index in [4.69, 9.17) is 9.72 Å². The Hall–Kier alpha value is -3.26. The van der Waals surface area contributed by atoms with E-state index in [1.165, 1.54) is 12.1 Å². The molecule has 2 aromatic heterocycles. The molecule has 3 aliphatic rings. The number of nitrogens with one attached hydrogen (secondary N) is 1. The summed E-state index contributed by atoms with van der Waals surface area (Å²) in [5.74, 6) is 0.200. The summed E-state index contributed by atoms with van der Waals surface area (Å²) in [6.45, 7) is 2.91. The minimum Gasteiger partial charge on any atom is -0.378 e. The number of fused-ring (bicyclic) bond motifs is 2. The molecule has 182 valence electrons. The van der Waals surface area contributed by atoms with Gasteiger partial charge in [-0.2, -0.15) is 0 Å². The molecule has 0 spiro atoms. The molecule has 0 bridgehead atoms. The molecule has 8 heteroatoms. The third-order valence-electron chi connectivity index (χ3n) is 7.30. The van der Waals surface area contributed by atoms with Crippen LogP contribution in [0, 0.1) is 5.82 Å². The van der Waals surface area contributed by atoms with Gasteiger partial charge in [-0.15, -0.1) is 0 Å². The number of pyridine rings is 2. The molecule has 3 heterocycles. The molecule has 1 saturated carbocycles. The zero-order valence-corrected chi connectivity index (χ0v) is 19.7. The SMILES string of the molecule is O=C(c1cc2c([nH]c1=O)CCCC2)N(Cc1cc2ccc(F)cc2nc1N1CCOCC1)C1CC1. The van der Waals surface area contributed by atoms with Gasteiger partial charge in [-0.1, -0.05) is 0 Å². The van der Waals surface area contributed by atoms with Gasteiger partial charge in [-0.05, 0) is 68.4 Å². The molecule has 1 aliphatic heterocycles. The largest absolute Gasteiger partial charge is 0.378 e. The van der Waals surface area contributed by atoms with Crippen molar-refractivity contribution < 1.29 is 13.9 Å². The van der Waals surface area contributed by atoms with E-state index in [1.807, 2.05) is 17.0 Å². The number of aromatic nitrogens is 2. The van der Waals surface area contributed by atoms with E-state index < -0.39 is 0 Å². The number of hydrogen-bond acceptors (Lipinski definition) is 5. The summed E-state index contributed by atoms with van der Waals surface area (Å²) in [6, 6.07) is 8.53. The molecular weight excluding hydrogens is 447 g/mol. The Morgan fingerprint density at radius 2 is 1.94 bits per heavy atom. The standard InChI is InChI=1S/C27H29FN4O3/c28-20-6-5-18-13-19(25(29-24(18)15-20)31-9-11-35-12-10-31)16-32(21-7-8-21)27(34)22-14-17-3-1-2-4-23(17)30-26(22)33/h5-6,13-15,21H,1-4,7-12,16H2,(H,30,33). The number of anilines is 1. The topological polar surface area (TPSA) is 78.5 Å². The number of benzene rings is 1. The van der Waals surface area contributed by atoms with E-state index in [-0.39, 0.29) is 28.9 Å². The number of halogens is 1. The van der Waals surface area contributed by atoms with Gasteiger partial charge in [0.2, 0.25) is 0 Å². The first kappa shape index (κ1) is 22.2. The van der Waals surface area contributed by atoms with Gasteiger partial charge in [-0.25, -0.2) is 9.37 Å². The normalized spacial score (nSPS) is 17.9. The molecule has 6 rings (SSSR count). The van der Waals surface area contributed by atoms with Gasteiger partial charge in [0.25, 0.3) is 11.5 Å². The van der Waals surface area contributed by atoms with Crippen LogP contribution in [0.25, 0.3) is 10.9 Å². The van der Waals surface area contributed by atoms with Crippen LogP contribution < -0.4 is 10.5 Å². The fourth-order valence-electron chi connectivity index (χ4n) is 5.26. The number of ether oxygens (including phenoxy) is 1. The van der Waals surface area contributed by atoms with Crippen LogP contribution in [-0.2, 0) is 24.1 Å². The molecule has 2 fully saturated rings. The molecular formula is C27H29FN4O3. The number of morpholine rings is 1. The molecule has 0 atom stereocenters. The monoisotopic (exact) mass is 476 g/mol. The molecule has 7 nitrogen and oxygen atoms in total. The minimum absolute atomic E-state index is 0.111. The number of carbonyl (C=O) groups excluding carboxylic acids is 1. The van der Waals surface area contributed by atoms with Crippen LogP contribution in [-0.4, -0.2) is 53.1 Å². The van der Waals surface area contributed by atoms with Gasteiger partial charge in [0, 0.05) is 48.4 Å². The Bertz CT molecular complexity index is 1340. The van der Waals surface area contributed by atoms with Gasteiger partial charge in [0.05, 0.1) is 18.7 Å². The Kier molecular flexibility index (Phi) is 5.76. The summed E-state index contributed by atoms with van der Waals surface area (Å²) in [5.41, 5.74) is 3.46. The third kappa shape index (κ3) is 4.43. The first-order valence-electron chi connectivity index (χ1n) is 12.5. The number of aryl methyl sites for hydroxylation is 2. The van der Waals surface area contributed by atoms with Crippen LogP contribution in [0.5, 0.6) is 0 Å². The van der Waals surface area contributed by atoms with Crippen molar-refractivity contribution in [2.75, 3.05) is 31.2 Å². The molecule has 2 aliphatic carbocycles. The highest BCUT2D eigenvalue weighted by atomic mass is 19.1. The highest BCUT2D eigenvalue weighted by Crippen LogP contribution is 2.33. The summed E-state index contributed by atoms with van der Waals surface area (Å²) in [4.78, 5) is 38.4. The maximum Gasteiger partial charge on any atom is 0.261 e. The maximum atomic E-state index is 13.9. The van der Waals surface area contributed by atoms with E-state index in [0.717, 1.165) is 66.5 Å². The molecule has 1 amide bonds. The van der Waals surface area contributed by atoms with E-state index in [2.05, 4.69) is 9.88 Å². The summed E-state index contributed by atoms with van der Waals surface area (Å²) in [7, 11) is 0. The molecule has 1 aromatic carbocycles. The molecule has 0 unspecified atom stereocenters. The predicted molar refractivity (Wildman–Crippen MR) is 131 cm³/mol. The zero-order valence-electron chi connectivity index (χ0n) is 19.7. The van der Waals surface area contributed by atoms with Crippen molar-refractivity contribution in [1.82, 2.24) is 14.9 Å². The van der Waals surface area contributed by atoms with Crippen molar-refractivity contribution in [3.8, 4) is 0 Å². The predicted octanol–water partition coefficient (Wildman–Crippen LogP) is 3.58. The molecule has 0 radical (unpaired) electrons. The van der Waals surface area contributed by atoms with Crippen molar-refractivity contribution in [2.24, 2.45) is 0 Å². The Balaban J connectivity index is 1.38. The number of carbonyl (C=O) groups is 1. The van der Waals surface area contributed by atoms with Crippen molar-refractivity contribution in [3.63, 3.8) is 0 Å².